The van der Waals surface area contributed by atoms with Gasteiger partial charge in [0.15, 0.2) is 0 Å². The molecule has 0 amide bonds. The number of halogens is 1. The maximum Gasteiger partial charge on any atom is 0.241 e. The lowest BCUT2D eigenvalue weighted by Crippen LogP contribution is -2.26. The molecule has 1 N–H and O–H groups in total. The van der Waals surface area contributed by atoms with Crippen LogP contribution >= 0.6 is 22.9 Å². The van der Waals surface area contributed by atoms with E-state index < -0.39 is 10.0 Å². The highest BCUT2D eigenvalue weighted by Crippen LogP contribution is 2.29. The van der Waals surface area contributed by atoms with Crippen LogP contribution in [0.3, 0.4) is 0 Å². The number of aryl methyl sites for hydroxylation is 1. The molecule has 3 rings (SSSR count). The zero-order valence-corrected chi connectivity index (χ0v) is 15.0. The lowest BCUT2D eigenvalue weighted by Gasteiger charge is -2.14. The van der Waals surface area contributed by atoms with Crippen LogP contribution in [0.15, 0.2) is 47.5 Å². The van der Waals surface area contributed by atoms with Crippen molar-refractivity contribution in [3.8, 4) is 0 Å². The summed E-state index contributed by atoms with van der Waals surface area (Å²) in [6, 6.07) is 10.1. The van der Waals surface area contributed by atoms with Crippen LogP contribution in [0, 0.1) is 6.92 Å². The molecule has 1 unspecified atom stereocenters. The van der Waals surface area contributed by atoms with E-state index >= 15 is 0 Å². The molecule has 0 aliphatic rings. The van der Waals surface area contributed by atoms with Crippen molar-refractivity contribution in [3.05, 3.63) is 57.4 Å². The largest absolute Gasteiger partial charge is 0.256 e. The second-order valence-corrected chi connectivity index (χ2v) is 8.69. The van der Waals surface area contributed by atoms with Crippen LogP contribution < -0.4 is 4.72 Å². The van der Waals surface area contributed by atoms with E-state index in [1.807, 2.05) is 13.0 Å². The van der Waals surface area contributed by atoms with E-state index in [-0.39, 0.29) is 10.9 Å². The Kier molecular flexibility index (Phi) is 4.42. The number of hydrogen-bond donors (Lipinski definition) is 1. The molecule has 1 atom stereocenters. The molecule has 120 valence electrons. The lowest BCUT2D eigenvalue weighted by atomic mass is 10.1. The smallest absolute Gasteiger partial charge is 0.241 e. The van der Waals surface area contributed by atoms with E-state index in [0.717, 1.165) is 10.4 Å². The van der Waals surface area contributed by atoms with Crippen LogP contribution in [0.1, 0.15) is 23.4 Å². The molecular weight excluding hydrogens is 352 g/mol. The Morgan fingerprint density at radius 3 is 2.70 bits per heavy atom. The zero-order valence-electron chi connectivity index (χ0n) is 12.6. The summed E-state index contributed by atoms with van der Waals surface area (Å²) in [5, 5.41) is 0.622. The third-order valence-corrected chi connectivity index (χ3v) is 6.59. The number of pyridine rings is 1. The Morgan fingerprint density at radius 1 is 1.22 bits per heavy atom. The summed E-state index contributed by atoms with van der Waals surface area (Å²) in [5.41, 5.74) is 1.64. The molecule has 7 heteroatoms. The number of hydrogen-bond acceptors (Lipinski definition) is 4. The van der Waals surface area contributed by atoms with Crippen LogP contribution in [-0.2, 0) is 10.0 Å². The van der Waals surface area contributed by atoms with E-state index in [1.54, 1.807) is 43.5 Å². The van der Waals surface area contributed by atoms with Gasteiger partial charge in [-0.2, -0.15) is 0 Å². The fourth-order valence-electron chi connectivity index (χ4n) is 2.44. The van der Waals surface area contributed by atoms with Gasteiger partial charge in [0, 0.05) is 16.5 Å². The summed E-state index contributed by atoms with van der Waals surface area (Å²) in [5.74, 6) is 0. The van der Waals surface area contributed by atoms with E-state index in [9.17, 15) is 8.42 Å². The monoisotopic (exact) mass is 366 g/mol. The van der Waals surface area contributed by atoms with Crippen molar-refractivity contribution >= 4 is 43.9 Å². The molecular formula is C16H15ClN2O2S2. The molecule has 4 nitrogen and oxygen atoms in total. The first-order valence-corrected chi connectivity index (χ1v) is 9.68. The summed E-state index contributed by atoms with van der Waals surface area (Å²) in [6.07, 6.45) is 1.66. The average Bonchev–Trinajstić information content (AvgIpc) is 2.94. The Balaban J connectivity index is 2.02. The van der Waals surface area contributed by atoms with Crippen molar-refractivity contribution in [2.24, 2.45) is 0 Å². The molecule has 0 bridgehead atoms. The standard InChI is InChI=1S/C16H15ClN2O2S2/c1-10-5-7-14(12-4-3-9-18-16(10)12)23(20,21)19-11(2)13-6-8-15(17)22-13/h3-9,11,19H,1-2H3. The van der Waals surface area contributed by atoms with Gasteiger partial charge in [-0.25, -0.2) is 13.1 Å². The van der Waals surface area contributed by atoms with E-state index in [2.05, 4.69) is 9.71 Å². The zero-order chi connectivity index (χ0) is 16.6. The molecule has 23 heavy (non-hydrogen) atoms. The van der Waals surface area contributed by atoms with Gasteiger partial charge in [-0.15, -0.1) is 11.3 Å². The molecule has 0 saturated carbocycles. The number of aromatic nitrogens is 1. The first kappa shape index (κ1) is 16.4. The third kappa shape index (κ3) is 3.26. The molecule has 2 heterocycles. The van der Waals surface area contributed by atoms with Gasteiger partial charge < -0.3 is 0 Å². The van der Waals surface area contributed by atoms with Crippen molar-refractivity contribution in [2.45, 2.75) is 24.8 Å². The molecule has 0 fully saturated rings. The molecule has 0 aliphatic carbocycles. The Morgan fingerprint density at radius 2 is 2.00 bits per heavy atom. The Bertz CT molecular complexity index is 967. The number of nitrogens with zero attached hydrogens (tertiary/aromatic N) is 1. The number of sulfonamides is 1. The number of benzene rings is 1. The number of thiophene rings is 1. The number of rotatable bonds is 4. The minimum atomic E-state index is -3.67. The van der Waals surface area contributed by atoms with E-state index in [1.165, 1.54) is 11.3 Å². The quantitative estimate of drug-likeness (QED) is 0.749. The fourth-order valence-corrected chi connectivity index (χ4v) is 5.00. The van der Waals surface area contributed by atoms with Gasteiger partial charge in [-0.1, -0.05) is 17.7 Å². The highest BCUT2D eigenvalue weighted by atomic mass is 35.5. The van der Waals surface area contributed by atoms with Crippen molar-refractivity contribution in [2.75, 3.05) is 0 Å². The molecule has 3 aromatic rings. The van der Waals surface area contributed by atoms with Crippen molar-refractivity contribution < 1.29 is 8.42 Å². The van der Waals surface area contributed by atoms with E-state index in [0.29, 0.717) is 15.2 Å². The van der Waals surface area contributed by atoms with Gasteiger partial charge in [-0.05, 0) is 49.7 Å². The van der Waals surface area contributed by atoms with E-state index in [4.69, 9.17) is 11.6 Å². The molecule has 1 aromatic carbocycles. The van der Waals surface area contributed by atoms with Crippen LogP contribution in [0.5, 0.6) is 0 Å². The normalized spacial score (nSPS) is 13.3. The fraction of sp³-hybridized carbons (Fsp3) is 0.188. The van der Waals surface area contributed by atoms with Crippen molar-refractivity contribution in [1.82, 2.24) is 9.71 Å². The highest BCUT2D eigenvalue weighted by Gasteiger charge is 2.22. The third-order valence-electron chi connectivity index (χ3n) is 3.57. The highest BCUT2D eigenvalue weighted by molar-refractivity contribution is 7.89. The molecule has 0 aliphatic heterocycles. The van der Waals surface area contributed by atoms with Gasteiger partial charge in [0.25, 0.3) is 0 Å². The van der Waals surface area contributed by atoms with Crippen molar-refractivity contribution in [3.63, 3.8) is 0 Å². The summed E-state index contributed by atoms with van der Waals surface area (Å²) < 4.78 is 28.9. The van der Waals surface area contributed by atoms with Gasteiger partial charge in [-0.3, -0.25) is 4.98 Å². The summed E-state index contributed by atoms with van der Waals surface area (Å²) >= 11 is 7.29. The maximum absolute atomic E-state index is 12.8. The second kappa shape index (κ2) is 6.20. The summed E-state index contributed by atoms with van der Waals surface area (Å²) in [6.45, 7) is 3.71. The first-order chi connectivity index (χ1) is 10.9. The van der Waals surface area contributed by atoms with Gasteiger partial charge >= 0.3 is 0 Å². The van der Waals surface area contributed by atoms with Crippen LogP contribution in [-0.4, -0.2) is 13.4 Å². The minimum Gasteiger partial charge on any atom is -0.256 e. The van der Waals surface area contributed by atoms with Crippen molar-refractivity contribution in [1.29, 1.82) is 0 Å². The number of fused-ring (bicyclic) bond motifs is 1. The topological polar surface area (TPSA) is 59.1 Å². The summed E-state index contributed by atoms with van der Waals surface area (Å²) in [4.78, 5) is 5.39. The molecule has 0 radical (unpaired) electrons. The van der Waals surface area contributed by atoms with Crippen LogP contribution in [0.25, 0.3) is 10.9 Å². The van der Waals surface area contributed by atoms with Crippen LogP contribution in [0.2, 0.25) is 4.34 Å². The molecule has 2 aromatic heterocycles. The van der Waals surface area contributed by atoms with Gasteiger partial charge in [0.1, 0.15) is 0 Å². The van der Waals surface area contributed by atoms with Crippen LogP contribution in [0.4, 0.5) is 0 Å². The Labute approximate surface area is 144 Å². The maximum atomic E-state index is 12.8. The predicted octanol–water partition coefficient (Wildman–Crippen LogP) is 4.30. The first-order valence-electron chi connectivity index (χ1n) is 7.00. The average molecular weight is 367 g/mol. The van der Waals surface area contributed by atoms with Gasteiger partial charge in [0.05, 0.1) is 20.8 Å². The van der Waals surface area contributed by atoms with Gasteiger partial charge in [0.2, 0.25) is 10.0 Å². The molecule has 0 saturated heterocycles. The minimum absolute atomic E-state index is 0.237. The number of nitrogens with one attached hydrogen (secondary N) is 1. The summed E-state index contributed by atoms with van der Waals surface area (Å²) in [7, 11) is -3.67. The second-order valence-electron chi connectivity index (χ2n) is 5.27. The SMILES string of the molecule is Cc1ccc(S(=O)(=O)NC(C)c2ccc(Cl)s2)c2cccnc12. The Hall–Kier alpha value is -1.47. The predicted molar refractivity (Wildman–Crippen MR) is 94.5 cm³/mol. The molecule has 0 spiro atoms. The lowest BCUT2D eigenvalue weighted by molar-refractivity contribution is 0.569.